The lowest BCUT2D eigenvalue weighted by Gasteiger charge is -2.33. The van der Waals surface area contributed by atoms with Gasteiger partial charge in [-0.3, -0.25) is 0 Å². The van der Waals surface area contributed by atoms with E-state index in [0.29, 0.717) is 40.9 Å². The zero-order valence-corrected chi connectivity index (χ0v) is 20.3. The third-order valence-corrected chi connectivity index (χ3v) is 6.84. The normalized spacial score (nSPS) is 14.8. The molecule has 0 unspecified atom stereocenters. The van der Waals surface area contributed by atoms with Crippen molar-refractivity contribution < 1.29 is 12.8 Å². The van der Waals surface area contributed by atoms with Crippen molar-refractivity contribution in [3.05, 3.63) is 59.9 Å². The minimum absolute atomic E-state index is 0.0452. The number of hydrogen-bond acceptors (Lipinski definition) is 10. The smallest absolute Gasteiger partial charge is 0.238 e. The molecule has 5 rings (SSSR count). The molecule has 11 nitrogen and oxygen atoms in total. The van der Waals surface area contributed by atoms with Crippen molar-refractivity contribution in [2.75, 3.05) is 43.4 Å². The quantitative estimate of drug-likeness (QED) is 0.394. The van der Waals surface area contributed by atoms with E-state index >= 15 is 0 Å². The average Bonchev–Trinajstić information content (AvgIpc) is 2.87. The maximum absolute atomic E-state index is 13.4. The van der Waals surface area contributed by atoms with Crippen molar-refractivity contribution in [2.24, 2.45) is 5.14 Å². The molecule has 2 aromatic carbocycles. The fraction of sp³-hybridized carbons (Fsp3) is 0.261. The van der Waals surface area contributed by atoms with Gasteiger partial charge >= 0.3 is 0 Å². The number of piperazine rings is 1. The van der Waals surface area contributed by atoms with E-state index in [-0.39, 0.29) is 10.7 Å². The summed E-state index contributed by atoms with van der Waals surface area (Å²) in [6.07, 6.45) is 0. The molecule has 1 saturated heterocycles. The number of sulfonamides is 1. The topological polar surface area (TPSA) is 143 Å². The number of primary sulfonamides is 1. The predicted molar refractivity (Wildman–Crippen MR) is 133 cm³/mol. The van der Waals surface area contributed by atoms with Gasteiger partial charge in [-0.15, -0.1) is 10.2 Å². The molecule has 0 saturated carbocycles. The Morgan fingerprint density at radius 3 is 2.31 bits per heavy atom. The fourth-order valence-corrected chi connectivity index (χ4v) is 4.36. The highest BCUT2D eigenvalue weighted by atomic mass is 32.2. The Morgan fingerprint density at radius 2 is 1.64 bits per heavy atom. The van der Waals surface area contributed by atoms with Gasteiger partial charge in [-0.2, -0.15) is 9.97 Å². The minimum atomic E-state index is -3.75. The summed E-state index contributed by atoms with van der Waals surface area (Å²) < 4.78 is 36.3. The Bertz CT molecular complexity index is 1490. The zero-order chi connectivity index (χ0) is 25.3. The van der Waals surface area contributed by atoms with Crippen LogP contribution < -0.4 is 15.4 Å². The molecule has 0 aliphatic carbocycles. The molecule has 1 aliphatic heterocycles. The van der Waals surface area contributed by atoms with Crippen molar-refractivity contribution >= 4 is 33.0 Å². The Morgan fingerprint density at radius 1 is 0.944 bits per heavy atom. The maximum atomic E-state index is 13.4. The van der Waals surface area contributed by atoms with Crippen LogP contribution in [0.15, 0.2) is 53.4 Å². The maximum Gasteiger partial charge on any atom is 0.238 e. The number of anilines is 2. The number of aromatic nitrogens is 5. The van der Waals surface area contributed by atoms with E-state index < -0.39 is 10.0 Å². The first-order valence-electron chi connectivity index (χ1n) is 11.2. The first-order chi connectivity index (χ1) is 17.3. The van der Waals surface area contributed by atoms with E-state index in [9.17, 15) is 12.8 Å². The number of nitrogens with zero attached hydrogens (tertiary/aromatic N) is 7. The van der Waals surface area contributed by atoms with E-state index in [1.165, 1.54) is 24.3 Å². The summed E-state index contributed by atoms with van der Waals surface area (Å²) >= 11 is 0. The number of benzene rings is 2. The number of nitrogens with one attached hydrogen (secondary N) is 1. The summed E-state index contributed by atoms with van der Waals surface area (Å²) in [7, 11) is -1.68. The Labute approximate surface area is 207 Å². The van der Waals surface area contributed by atoms with Crippen LogP contribution in [0.25, 0.3) is 22.6 Å². The molecular weight excluding hydrogens is 485 g/mol. The van der Waals surface area contributed by atoms with E-state index in [4.69, 9.17) is 10.1 Å². The number of likely N-dealkylation sites (N-methyl/N-ethyl adjacent to an activating group) is 1. The molecule has 0 amide bonds. The van der Waals surface area contributed by atoms with Gasteiger partial charge in [0, 0.05) is 38.3 Å². The van der Waals surface area contributed by atoms with Crippen LogP contribution in [0.1, 0.15) is 5.56 Å². The lowest BCUT2D eigenvalue weighted by Crippen LogP contribution is -2.45. The third-order valence-electron chi connectivity index (χ3n) is 5.91. The summed E-state index contributed by atoms with van der Waals surface area (Å²) in [6, 6.07) is 12.2. The monoisotopic (exact) mass is 509 g/mol. The summed E-state index contributed by atoms with van der Waals surface area (Å²) in [4.78, 5) is 18.4. The standard InChI is InChI=1S/C23H24FN9O2S/c1-32-10-12-33(13-11-32)22-19-21(31-30-20(27-19)16-4-6-17(24)7-5-16)28-23(29-22)26-14-15-2-8-18(9-3-15)36(25,34)35/h2-9H,10-14H2,1H3,(H2,25,34,35)(H,26,28,29,31). The number of halogens is 1. The molecule has 0 radical (unpaired) electrons. The number of fused-ring (bicyclic) bond motifs is 1. The minimum Gasteiger partial charge on any atom is -0.352 e. The predicted octanol–water partition coefficient (Wildman–Crippen LogP) is 1.63. The molecule has 1 aliphatic rings. The number of hydrogen-bond donors (Lipinski definition) is 2. The molecule has 3 heterocycles. The van der Waals surface area contributed by atoms with Crippen LogP contribution in [0.4, 0.5) is 16.2 Å². The van der Waals surface area contributed by atoms with Gasteiger partial charge in [-0.1, -0.05) is 12.1 Å². The number of nitrogens with two attached hydrogens (primary N) is 1. The summed E-state index contributed by atoms with van der Waals surface area (Å²) in [5.41, 5.74) is 2.30. The van der Waals surface area contributed by atoms with Crippen LogP contribution in [-0.4, -0.2) is 71.7 Å². The van der Waals surface area contributed by atoms with Gasteiger partial charge in [0.2, 0.25) is 21.6 Å². The molecule has 2 aromatic heterocycles. The van der Waals surface area contributed by atoms with Crippen molar-refractivity contribution in [1.82, 2.24) is 30.0 Å². The van der Waals surface area contributed by atoms with Gasteiger partial charge < -0.3 is 15.1 Å². The van der Waals surface area contributed by atoms with Gasteiger partial charge in [0.25, 0.3) is 0 Å². The summed E-state index contributed by atoms with van der Waals surface area (Å²) in [5, 5.41) is 16.8. The van der Waals surface area contributed by atoms with Crippen molar-refractivity contribution in [3.63, 3.8) is 0 Å². The second kappa shape index (κ2) is 9.68. The number of rotatable bonds is 6. The lowest BCUT2D eigenvalue weighted by atomic mass is 10.2. The van der Waals surface area contributed by atoms with Crippen LogP contribution in [0.3, 0.4) is 0 Å². The van der Waals surface area contributed by atoms with Crippen LogP contribution in [0.5, 0.6) is 0 Å². The van der Waals surface area contributed by atoms with E-state index in [1.54, 1.807) is 24.3 Å². The van der Waals surface area contributed by atoms with Crippen molar-refractivity contribution in [3.8, 4) is 11.4 Å². The highest BCUT2D eigenvalue weighted by molar-refractivity contribution is 7.89. The Kier molecular flexibility index (Phi) is 6.43. The summed E-state index contributed by atoms with van der Waals surface area (Å²) in [6.45, 7) is 3.61. The zero-order valence-electron chi connectivity index (χ0n) is 19.5. The Balaban J connectivity index is 1.48. The Hall–Kier alpha value is -3.81. The SMILES string of the molecule is CN1CCN(c2nc(NCc3ccc(S(N)(=O)=O)cc3)nc3nnc(-c4ccc(F)cc4)nc23)CC1. The second-order valence-corrected chi connectivity index (χ2v) is 10.1. The largest absolute Gasteiger partial charge is 0.352 e. The highest BCUT2D eigenvalue weighted by Crippen LogP contribution is 2.26. The highest BCUT2D eigenvalue weighted by Gasteiger charge is 2.22. The average molecular weight is 510 g/mol. The molecule has 0 spiro atoms. The molecule has 36 heavy (non-hydrogen) atoms. The van der Waals surface area contributed by atoms with E-state index in [0.717, 1.165) is 31.7 Å². The van der Waals surface area contributed by atoms with Crippen molar-refractivity contribution in [2.45, 2.75) is 11.4 Å². The molecule has 13 heteroatoms. The molecule has 4 aromatic rings. The molecule has 3 N–H and O–H groups in total. The van der Waals surface area contributed by atoms with Crippen LogP contribution in [0.2, 0.25) is 0 Å². The van der Waals surface area contributed by atoms with E-state index in [2.05, 4.69) is 42.3 Å². The van der Waals surface area contributed by atoms with Crippen LogP contribution in [0, 0.1) is 5.82 Å². The summed E-state index contributed by atoms with van der Waals surface area (Å²) in [5.74, 6) is 0.997. The van der Waals surface area contributed by atoms with Crippen LogP contribution >= 0.6 is 0 Å². The van der Waals surface area contributed by atoms with Crippen LogP contribution in [-0.2, 0) is 16.6 Å². The van der Waals surface area contributed by atoms with Gasteiger partial charge in [-0.25, -0.2) is 22.9 Å². The fourth-order valence-electron chi connectivity index (χ4n) is 3.84. The molecule has 0 atom stereocenters. The third kappa shape index (κ3) is 5.22. The second-order valence-electron chi connectivity index (χ2n) is 8.52. The van der Waals surface area contributed by atoms with Gasteiger partial charge in [0.15, 0.2) is 17.2 Å². The molecule has 0 bridgehead atoms. The van der Waals surface area contributed by atoms with Gasteiger partial charge in [-0.05, 0) is 49.0 Å². The van der Waals surface area contributed by atoms with Gasteiger partial charge in [0.05, 0.1) is 4.90 Å². The first-order valence-corrected chi connectivity index (χ1v) is 12.8. The molecule has 1 fully saturated rings. The molecule has 186 valence electrons. The van der Waals surface area contributed by atoms with E-state index in [1.807, 2.05) is 0 Å². The van der Waals surface area contributed by atoms with Gasteiger partial charge in [0.1, 0.15) is 5.82 Å². The first kappa shape index (κ1) is 23.9. The lowest BCUT2D eigenvalue weighted by molar-refractivity contribution is 0.312. The van der Waals surface area contributed by atoms with Crippen molar-refractivity contribution in [1.29, 1.82) is 0 Å². The molecular formula is C23H24FN9O2S.